The topological polar surface area (TPSA) is 66.6 Å². The normalized spacial score (nSPS) is 27.8. The standard InChI is InChI=1S/C15H27N3O2/c1-11(2)14(19)17-6-3-7-18(9-8-17)15(20)12-4-5-13(16)10-12/h11-13H,3-10,16H2,1-2H3. The first-order valence-electron chi connectivity index (χ1n) is 7.82. The van der Waals surface area contributed by atoms with Crippen molar-refractivity contribution in [3.63, 3.8) is 0 Å². The van der Waals surface area contributed by atoms with Gasteiger partial charge in [-0.1, -0.05) is 13.8 Å². The molecule has 2 unspecified atom stereocenters. The second-order valence-corrected chi connectivity index (χ2v) is 6.43. The van der Waals surface area contributed by atoms with Gasteiger partial charge in [0.15, 0.2) is 0 Å². The van der Waals surface area contributed by atoms with Crippen LogP contribution in [0.5, 0.6) is 0 Å². The number of hydrogen-bond donors (Lipinski definition) is 1. The number of hydrogen-bond acceptors (Lipinski definition) is 3. The molecule has 2 atom stereocenters. The van der Waals surface area contributed by atoms with Crippen molar-refractivity contribution in [3.05, 3.63) is 0 Å². The van der Waals surface area contributed by atoms with Gasteiger partial charge in [-0.3, -0.25) is 9.59 Å². The van der Waals surface area contributed by atoms with Crippen LogP contribution in [0.1, 0.15) is 39.5 Å². The van der Waals surface area contributed by atoms with Crippen LogP contribution in [0.25, 0.3) is 0 Å². The molecule has 2 fully saturated rings. The van der Waals surface area contributed by atoms with E-state index in [-0.39, 0.29) is 29.7 Å². The predicted octanol–water partition coefficient (Wildman–Crippen LogP) is 0.831. The Kier molecular flexibility index (Phi) is 5.02. The van der Waals surface area contributed by atoms with E-state index in [1.54, 1.807) is 0 Å². The molecule has 0 bridgehead atoms. The molecule has 20 heavy (non-hydrogen) atoms. The van der Waals surface area contributed by atoms with Gasteiger partial charge < -0.3 is 15.5 Å². The van der Waals surface area contributed by atoms with E-state index >= 15 is 0 Å². The van der Waals surface area contributed by atoms with E-state index in [2.05, 4.69) is 0 Å². The zero-order valence-electron chi connectivity index (χ0n) is 12.7. The lowest BCUT2D eigenvalue weighted by atomic mass is 10.1. The highest BCUT2D eigenvalue weighted by Crippen LogP contribution is 2.26. The SMILES string of the molecule is CC(C)C(=O)N1CCCN(C(=O)C2CCC(N)C2)CC1. The number of amides is 2. The summed E-state index contributed by atoms with van der Waals surface area (Å²) in [5.41, 5.74) is 5.89. The van der Waals surface area contributed by atoms with Crippen molar-refractivity contribution in [2.75, 3.05) is 26.2 Å². The molecular formula is C15H27N3O2. The summed E-state index contributed by atoms with van der Waals surface area (Å²) < 4.78 is 0. The van der Waals surface area contributed by atoms with Gasteiger partial charge in [-0.05, 0) is 25.7 Å². The third kappa shape index (κ3) is 3.51. The molecule has 2 amide bonds. The van der Waals surface area contributed by atoms with Crippen LogP contribution in [-0.2, 0) is 9.59 Å². The van der Waals surface area contributed by atoms with Crippen molar-refractivity contribution < 1.29 is 9.59 Å². The first kappa shape index (κ1) is 15.3. The zero-order valence-corrected chi connectivity index (χ0v) is 12.7. The number of carbonyl (C=O) groups is 2. The maximum atomic E-state index is 12.5. The Bertz CT molecular complexity index is 370. The number of nitrogens with two attached hydrogens (primary N) is 1. The van der Waals surface area contributed by atoms with Crippen LogP contribution in [0.4, 0.5) is 0 Å². The van der Waals surface area contributed by atoms with E-state index in [9.17, 15) is 9.59 Å². The van der Waals surface area contributed by atoms with E-state index in [1.165, 1.54) is 0 Å². The molecule has 1 saturated carbocycles. The summed E-state index contributed by atoms with van der Waals surface area (Å²) in [6.07, 6.45) is 3.58. The summed E-state index contributed by atoms with van der Waals surface area (Å²) in [5, 5.41) is 0. The number of nitrogens with zero attached hydrogens (tertiary/aromatic N) is 2. The molecule has 1 heterocycles. The maximum absolute atomic E-state index is 12.5. The van der Waals surface area contributed by atoms with Crippen LogP contribution in [0.2, 0.25) is 0 Å². The third-order valence-corrected chi connectivity index (χ3v) is 4.44. The Hall–Kier alpha value is -1.10. The summed E-state index contributed by atoms with van der Waals surface area (Å²) in [5.74, 6) is 0.585. The van der Waals surface area contributed by atoms with Crippen LogP contribution in [0.15, 0.2) is 0 Å². The van der Waals surface area contributed by atoms with Gasteiger partial charge in [-0.25, -0.2) is 0 Å². The molecule has 5 nitrogen and oxygen atoms in total. The largest absolute Gasteiger partial charge is 0.341 e. The number of carbonyl (C=O) groups excluding carboxylic acids is 2. The molecule has 0 radical (unpaired) electrons. The molecule has 2 rings (SSSR count). The fraction of sp³-hybridized carbons (Fsp3) is 0.867. The van der Waals surface area contributed by atoms with E-state index in [1.807, 2.05) is 23.6 Å². The Morgan fingerprint density at radius 1 is 1.05 bits per heavy atom. The van der Waals surface area contributed by atoms with Crippen molar-refractivity contribution in [1.82, 2.24) is 9.80 Å². The van der Waals surface area contributed by atoms with E-state index < -0.39 is 0 Å². The molecule has 5 heteroatoms. The second kappa shape index (κ2) is 6.57. The van der Waals surface area contributed by atoms with Gasteiger partial charge in [-0.2, -0.15) is 0 Å². The highest BCUT2D eigenvalue weighted by molar-refractivity contribution is 5.80. The second-order valence-electron chi connectivity index (χ2n) is 6.43. The van der Waals surface area contributed by atoms with Crippen LogP contribution >= 0.6 is 0 Å². The quantitative estimate of drug-likeness (QED) is 0.815. The summed E-state index contributed by atoms with van der Waals surface area (Å²) in [6.45, 7) is 6.73. The molecule has 0 aromatic heterocycles. The summed E-state index contributed by atoms with van der Waals surface area (Å²) in [4.78, 5) is 28.4. The Balaban J connectivity index is 1.89. The summed E-state index contributed by atoms with van der Waals surface area (Å²) in [6, 6.07) is 0.190. The van der Waals surface area contributed by atoms with Crippen molar-refractivity contribution in [1.29, 1.82) is 0 Å². The molecule has 1 saturated heterocycles. The predicted molar refractivity (Wildman–Crippen MR) is 77.9 cm³/mol. The van der Waals surface area contributed by atoms with Gasteiger partial charge in [0.2, 0.25) is 11.8 Å². The first-order chi connectivity index (χ1) is 9.49. The van der Waals surface area contributed by atoms with Crippen LogP contribution in [-0.4, -0.2) is 53.8 Å². The summed E-state index contributed by atoms with van der Waals surface area (Å²) >= 11 is 0. The van der Waals surface area contributed by atoms with Gasteiger partial charge in [-0.15, -0.1) is 0 Å². The van der Waals surface area contributed by atoms with Gasteiger partial charge >= 0.3 is 0 Å². The van der Waals surface area contributed by atoms with E-state index in [0.29, 0.717) is 13.1 Å². The van der Waals surface area contributed by atoms with Crippen molar-refractivity contribution >= 4 is 11.8 Å². The third-order valence-electron chi connectivity index (χ3n) is 4.44. The van der Waals surface area contributed by atoms with Crippen LogP contribution in [0, 0.1) is 11.8 Å². The van der Waals surface area contributed by atoms with Gasteiger partial charge in [0.25, 0.3) is 0 Å². The molecule has 1 aliphatic heterocycles. The van der Waals surface area contributed by atoms with Crippen LogP contribution < -0.4 is 5.73 Å². The molecule has 1 aliphatic carbocycles. The lowest BCUT2D eigenvalue weighted by Gasteiger charge is -2.25. The van der Waals surface area contributed by atoms with Gasteiger partial charge in [0, 0.05) is 44.1 Å². The minimum Gasteiger partial charge on any atom is -0.341 e. The Morgan fingerprint density at radius 3 is 2.30 bits per heavy atom. The Labute approximate surface area is 121 Å². The average molecular weight is 281 g/mol. The molecule has 0 aromatic carbocycles. The van der Waals surface area contributed by atoms with Crippen LogP contribution in [0.3, 0.4) is 0 Å². The van der Waals surface area contributed by atoms with E-state index in [4.69, 9.17) is 5.73 Å². The minimum atomic E-state index is 0.0325. The fourth-order valence-corrected chi connectivity index (χ4v) is 3.22. The van der Waals surface area contributed by atoms with E-state index in [0.717, 1.165) is 38.8 Å². The molecule has 114 valence electrons. The molecule has 2 aliphatic rings. The molecular weight excluding hydrogens is 254 g/mol. The first-order valence-corrected chi connectivity index (χ1v) is 7.82. The minimum absolute atomic E-state index is 0.0325. The average Bonchev–Trinajstić information content (AvgIpc) is 2.71. The molecule has 0 spiro atoms. The van der Waals surface area contributed by atoms with Gasteiger partial charge in [0.1, 0.15) is 0 Å². The molecule has 2 N–H and O–H groups in total. The monoisotopic (exact) mass is 281 g/mol. The Morgan fingerprint density at radius 2 is 1.70 bits per heavy atom. The maximum Gasteiger partial charge on any atom is 0.225 e. The molecule has 0 aromatic rings. The fourth-order valence-electron chi connectivity index (χ4n) is 3.22. The highest BCUT2D eigenvalue weighted by atomic mass is 16.2. The van der Waals surface area contributed by atoms with Crippen molar-refractivity contribution in [2.24, 2.45) is 17.6 Å². The number of rotatable bonds is 2. The highest BCUT2D eigenvalue weighted by Gasteiger charge is 2.32. The van der Waals surface area contributed by atoms with Crippen molar-refractivity contribution in [2.45, 2.75) is 45.6 Å². The summed E-state index contributed by atoms with van der Waals surface area (Å²) in [7, 11) is 0. The lowest BCUT2D eigenvalue weighted by Crippen LogP contribution is -2.40. The van der Waals surface area contributed by atoms with Crippen molar-refractivity contribution in [3.8, 4) is 0 Å². The lowest BCUT2D eigenvalue weighted by molar-refractivity contribution is -0.137. The smallest absolute Gasteiger partial charge is 0.225 e. The zero-order chi connectivity index (χ0) is 14.7. The van der Waals surface area contributed by atoms with Gasteiger partial charge in [0.05, 0.1) is 0 Å².